The van der Waals surface area contributed by atoms with E-state index in [4.69, 9.17) is 0 Å². The SMILES string of the molecule is CCc1ccc2[nH+]c(N3CC[NH+](C)CC3)c(C#N)cc2c1. The van der Waals surface area contributed by atoms with Gasteiger partial charge in [-0.25, -0.2) is 9.88 Å². The van der Waals surface area contributed by atoms with E-state index in [0.717, 1.165) is 54.9 Å². The van der Waals surface area contributed by atoms with Crippen LogP contribution in [0.5, 0.6) is 0 Å². The first kappa shape index (κ1) is 13.8. The number of nitriles is 1. The van der Waals surface area contributed by atoms with Crippen molar-refractivity contribution >= 4 is 16.7 Å². The van der Waals surface area contributed by atoms with Gasteiger partial charge >= 0.3 is 0 Å². The Morgan fingerprint density at radius 2 is 2.05 bits per heavy atom. The summed E-state index contributed by atoms with van der Waals surface area (Å²) in [5, 5.41) is 10.6. The van der Waals surface area contributed by atoms with Crippen LogP contribution in [0.4, 0.5) is 5.82 Å². The third-order valence-corrected chi connectivity index (χ3v) is 4.39. The van der Waals surface area contributed by atoms with Crippen LogP contribution >= 0.6 is 0 Å². The molecular weight excluding hydrogens is 260 g/mol. The number of pyridine rings is 1. The number of fused-ring (bicyclic) bond motifs is 1. The number of aromatic nitrogens is 1. The van der Waals surface area contributed by atoms with Crippen LogP contribution < -0.4 is 14.8 Å². The van der Waals surface area contributed by atoms with Crippen molar-refractivity contribution in [1.82, 2.24) is 0 Å². The number of aromatic amines is 1. The van der Waals surface area contributed by atoms with Gasteiger partial charge in [0.15, 0.2) is 0 Å². The van der Waals surface area contributed by atoms with Gasteiger partial charge in [-0.05, 0) is 30.2 Å². The van der Waals surface area contributed by atoms with Crippen molar-refractivity contribution in [2.75, 3.05) is 38.1 Å². The number of benzene rings is 1. The van der Waals surface area contributed by atoms with E-state index in [1.165, 1.54) is 5.56 Å². The van der Waals surface area contributed by atoms with Crippen molar-refractivity contribution in [3.63, 3.8) is 0 Å². The summed E-state index contributed by atoms with van der Waals surface area (Å²) in [5.41, 5.74) is 3.15. The molecule has 0 atom stereocenters. The molecule has 0 bridgehead atoms. The monoisotopic (exact) mass is 282 g/mol. The molecule has 1 aliphatic heterocycles. The molecule has 1 fully saturated rings. The minimum Gasteiger partial charge on any atom is -0.331 e. The fourth-order valence-corrected chi connectivity index (χ4v) is 2.93. The molecule has 108 valence electrons. The van der Waals surface area contributed by atoms with Crippen LogP contribution in [0, 0.1) is 11.3 Å². The number of aryl methyl sites for hydroxylation is 1. The lowest BCUT2D eigenvalue weighted by Gasteiger charge is -2.26. The van der Waals surface area contributed by atoms with Crippen LogP contribution in [-0.4, -0.2) is 33.2 Å². The Hall–Kier alpha value is -2.12. The van der Waals surface area contributed by atoms with Gasteiger partial charge in [-0.15, -0.1) is 0 Å². The molecule has 0 spiro atoms. The van der Waals surface area contributed by atoms with E-state index in [9.17, 15) is 5.26 Å². The quantitative estimate of drug-likeness (QED) is 0.868. The maximum atomic E-state index is 9.49. The van der Waals surface area contributed by atoms with E-state index in [1.807, 2.05) is 6.07 Å². The molecule has 1 aromatic carbocycles. The van der Waals surface area contributed by atoms with Crippen LogP contribution in [0.15, 0.2) is 24.3 Å². The van der Waals surface area contributed by atoms with Gasteiger partial charge in [0.25, 0.3) is 5.82 Å². The average molecular weight is 282 g/mol. The molecule has 3 rings (SSSR count). The number of rotatable bonds is 2. The van der Waals surface area contributed by atoms with Crippen LogP contribution in [0.2, 0.25) is 0 Å². The molecule has 0 amide bonds. The first-order chi connectivity index (χ1) is 10.2. The maximum Gasteiger partial charge on any atom is 0.293 e. The topological polar surface area (TPSA) is 45.6 Å². The standard InChI is InChI=1S/C17H20N4/c1-3-13-4-5-16-14(10-13)11-15(12-18)17(19-16)21-8-6-20(2)7-9-21/h4-5,10-11H,3,6-9H2,1-2H3/p+2. The Morgan fingerprint density at radius 3 is 2.71 bits per heavy atom. The third-order valence-electron chi connectivity index (χ3n) is 4.39. The smallest absolute Gasteiger partial charge is 0.293 e. The molecule has 0 aliphatic carbocycles. The molecule has 0 radical (unpaired) electrons. The van der Waals surface area contributed by atoms with Gasteiger partial charge < -0.3 is 4.90 Å². The predicted octanol–water partition coefficient (Wildman–Crippen LogP) is 0.423. The first-order valence-electron chi connectivity index (χ1n) is 7.66. The summed E-state index contributed by atoms with van der Waals surface area (Å²) in [4.78, 5) is 7.33. The minimum atomic E-state index is 0.746. The Balaban J connectivity index is 2.04. The van der Waals surface area contributed by atoms with Crippen molar-refractivity contribution in [2.45, 2.75) is 13.3 Å². The number of nitrogens with zero attached hydrogens (tertiary/aromatic N) is 2. The van der Waals surface area contributed by atoms with E-state index in [1.54, 1.807) is 4.90 Å². The van der Waals surface area contributed by atoms with Gasteiger partial charge in [0.1, 0.15) is 43.3 Å². The third kappa shape index (κ3) is 2.70. The van der Waals surface area contributed by atoms with Crippen molar-refractivity contribution in [3.8, 4) is 6.07 Å². The molecule has 2 N–H and O–H groups in total. The van der Waals surface area contributed by atoms with E-state index in [2.05, 4.69) is 48.1 Å². The highest BCUT2D eigenvalue weighted by molar-refractivity contribution is 5.79. The zero-order valence-electron chi connectivity index (χ0n) is 12.7. The number of H-pyrrole nitrogens is 1. The Morgan fingerprint density at radius 1 is 1.29 bits per heavy atom. The molecule has 0 unspecified atom stereocenters. The first-order valence-corrected chi connectivity index (χ1v) is 7.66. The van der Waals surface area contributed by atoms with E-state index in [-0.39, 0.29) is 0 Å². The predicted molar refractivity (Wildman–Crippen MR) is 83.4 cm³/mol. The van der Waals surface area contributed by atoms with Gasteiger partial charge in [0.05, 0.1) is 7.05 Å². The zero-order chi connectivity index (χ0) is 14.8. The molecule has 1 aliphatic rings. The number of quaternary nitrogens is 1. The van der Waals surface area contributed by atoms with Crippen molar-refractivity contribution in [3.05, 3.63) is 35.4 Å². The van der Waals surface area contributed by atoms with Crippen molar-refractivity contribution in [1.29, 1.82) is 5.26 Å². The fraction of sp³-hybridized carbons (Fsp3) is 0.412. The lowest BCUT2D eigenvalue weighted by molar-refractivity contribution is -0.880. The molecule has 2 heterocycles. The van der Waals surface area contributed by atoms with Crippen LogP contribution in [0.3, 0.4) is 0 Å². The van der Waals surface area contributed by atoms with Crippen molar-refractivity contribution < 1.29 is 9.88 Å². The summed E-state index contributed by atoms with van der Waals surface area (Å²) in [5.74, 6) is 0.974. The zero-order valence-corrected chi connectivity index (χ0v) is 12.7. The lowest BCUT2D eigenvalue weighted by atomic mass is 10.1. The summed E-state index contributed by atoms with van der Waals surface area (Å²) in [7, 11) is 2.22. The molecule has 4 nitrogen and oxygen atoms in total. The van der Waals surface area contributed by atoms with Crippen LogP contribution in [0.25, 0.3) is 10.9 Å². The summed E-state index contributed by atoms with van der Waals surface area (Å²) < 4.78 is 0. The second kappa shape index (κ2) is 5.71. The van der Waals surface area contributed by atoms with Gasteiger partial charge in [-0.2, -0.15) is 5.26 Å². The van der Waals surface area contributed by atoms with E-state index in [0.29, 0.717) is 0 Å². The Bertz CT molecular complexity index is 694. The summed E-state index contributed by atoms with van der Waals surface area (Å²) in [6.45, 7) is 6.37. The van der Waals surface area contributed by atoms with Gasteiger partial charge in [0, 0.05) is 5.39 Å². The highest BCUT2D eigenvalue weighted by Gasteiger charge is 2.27. The second-order valence-corrected chi connectivity index (χ2v) is 5.86. The highest BCUT2D eigenvalue weighted by atomic mass is 15.3. The van der Waals surface area contributed by atoms with E-state index < -0.39 is 0 Å². The number of anilines is 1. The molecule has 4 heteroatoms. The maximum absolute atomic E-state index is 9.49. The average Bonchev–Trinajstić information content (AvgIpc) is 2.53. The molecule has 0 saturated carbocycles. The van der Waals surface area contributed by atoms with Crippen LogP contribution in [0.1, 0.15) is 18.1 Å². The minimum absolute atomic E-state index is 0.746. The Kier molecular flexibility index (Phi) is 3.76. The van der Waals surface area contributed by atoms with Gasteiger partial charge in [-0.1, -0.05) is 13.0 Å². The van der Waals surface area contributed by atoms with E-state index >= 15 is 0 Å². The molecule has 1 saturated heterocycles. The number of hydrogen-bond donors (Lipinski definition) is 1. The fourth-order valence-electron chi connectivity index (χ4n) is 2.93. The number of piperazine rings is 1. The normalized spacial score (nSPS) is 16.1. The summed E-state index contributed by atoms with van der Waals surface area (Å²) in [6.07, 6.45) is 1.01. The second-order valence-electron chi connectivity index (χ2n) is 5.86. The summed E-state index contributed by atoms with van der Waals surface area (Å²) in [6, 6.07) is 10.8. The highest BCUT2D eigenvalue weighted by Crippen LogP contribution is 2.20. The van der Waals surface area contributed by atoms with Crippen molar-refractivity contribution in [2.24, 2.45) is 0 Å². The summed E-state index contributed by atoms with van der Waals surface area (Å²) >= 11 is 0. The molecule has 21 heavy (non-hydrogen) atoms. The molecule has 1 aromatic heterocycles. The molecular formula is C17H22N4+2. The van der Waals surface area contributed by atoms with Crippen LogP contribution in [-0.2, 0) is 6.42 Å². The molecule has 2 aromatic rings. The largest absolute Gasteiger partial charge is 0.331 e. The lowest BCUT2D eigenvalue weighted by Crippen LogP contribution is -3.12. The number of nitrogens with one attached hydrogen (secondary N) is 2. The van der Waals surface area contributed by atoms with Gasteiger partial charge in [-0.3, -0.25) is 0 Å². The number of hydrogen-bond acceptors (Lipinski definition) is 2. The van der Waals surface area contributed by atoms with Gasteiger partial charge in [0.2, 0.25) is 0 Å². The number of likely N-dealkylation sites (N-methyl/N-ethyl adjacent to an activating group) is 1. The Labute approximate surface area is 125 Å².